The van der Waals surface area contributed by atoms with Crippen LogP contribution in [0.5, 0.6) is 0 Å². The minimum absolute atomic E-state index is 0.0986. The number of unbranched alkanes of at least 4 members (excludes halogenated alkanes) is 1. The Balaban J connectivity index is 1.60. The number of aromatic nitrogens is 1. The molecule has 2 unspecified atom stereocenters. The van der Waals surface area contributed by atoms with Crippen LogP contribution in [-0.4, -0.2) is 47.1 Å². The van der Waals surface area contributed by atoms with Gasteiger partial charge in [0.2, 0.25) is 5.91 Å². The van der Waals surface area contributed by atoms with Gasteiger partial charge in [-0.15, -0.1) is 0 Å². The molecule has 34 heavy (non-hydrogen) atoms. The molecule has 0 spiro atoms. The zero-order valence-electron chi connectivity index (χ0n) is 20.6. The monoisotopic (exact) mass is 461 g/mol. The highest BCUT2D eigenvalue weighted by atomic mass is 16.5. The molecule has 2 heterocycles. The van der Waals surface area contributed by atoms with Crippen molar-refractivity contribution in [1.82, 2.24) is 14.8 Å². The highest BCUT2D eigenvalue weighted by molar-refractivity contribution is 6.03. The molecule has 1 N–H and O–H groups in total. The number of para-hydroxylation sites is 1. The van der Waals surface area contributed by atoms with Gasteiger partial charge >= 0.3 is 0 Å². The van der Waals surface area contributed by atoms with Crippen molar-refractivity contribution in [3.8, 4) is 0 Å². The van der Waals surface area contributed by atoms with Gasteiger partial charge in [0, 0.05) is 54.5 Å². The average molecular weight is 462 g/mol. The van der Waals surface area contributed by atoms with E-state index in [2.05, 4.69) is 35.9 Å². The zero-order valence-corrected chi connectivity index (χ0v) is 20.6. The number of ether oxygens (including phenoxy) is 1. The molecule has 0 bridgehead atoms. The molecular formula is C28H35N3O3. The van der Waals surface area contributed by atoms with Crippen LogP contribution < -0.4 is 5.32 Å². The van der Waals surface area contributed by atoms with Gasteiger partial charge in [0.05, 0.1) is 6.04 Å². The number of aryl methyl sites for hydroxylation is 1. The molecule has 6 heteroatoms. The van der Waals surface area contributed by atoms with Crippen molar-refractivity contribution in [2.45, 2.75) is 52.1 Å². The number of fused-ring (bicyclic) bond motifs is 2. The van der Waals surface area contributed by atoms with E-state index < -0.39 is 6.04 Å². The van der Waals surface area contributed by atoms with Gasteiger partial charge in [-0.25, -0.2) is 0 Å². The maximum absolute atomic E-state index is 13.6. The third kappa shape index (κ3) is 4.34. The van der Waals surface area contributed by atoms with Crippen LogP contribution >= 0.6 is 0 Å². The number of rotatable bonds is 10. The van der Waals surface area contributed by atoms with Crippen molar-refractivity contribution < 1.29 is 14.3 Å². The Labute approximate surface area is 201 Å². The van der Waals surface area contributed by atoms with Crippen molar-refractivity contribution in [3.05, 3.63) is 70.9 Å². The lowest BCUT2D eigenvalue weighted by atomic mass is 9.95. The molecule has 2 aromatic carbocycles. The molecule has 0 saturated heterocycles. The van der Waals surface area contributed by atoms with Crippen molar-refractivity contribution >= 4 is 22.7 Å². The molecule has 6 nitrogen and oxygen atoms in total. The van der Waals surface area contributed by atoms with Crippen LogP contribution in [0.15, 0.2) is 48.5 Å². The van der Waals surface area contributed by atoms with Crippen LogP contribution in [0.1, 0.15) is 66.3 Å². The Bertz CT molecular complexity index is 1180. The van der Waals surface area contributed by atoms with E-state index in [1.54, 1.807) is 4.90 Å². The van der Waals surface area contributed by atoms with E-state index in [4.69, 9.17) is 4.74 Å². The summed E-state index contributed by atoms with van der Waals surface area (Å²) >= 11 is 0. The number of hydrogen-bond donors (Lipinski definition) is 1. The van der Waals surface area contributed by atoms with E-state index in [-0.39, 0.29) is 17.9 Å². The fourth-order valence-corrected chi connectivity index (χ4v) is 4.93. The maximum atomic E-state index is 13.6. The van der Waals surface area contributed by atoms with Gasteiger partial charge in [-0.3, -0.25) is 9.59 Å². The van der Waals surface area contributed by atoms with Gasteiger partial charge in [0.25, 0.3) is 5.91 Å². The summed E-state index contributed by atoms with van der Waals surface area (Å²) in [6.45, 7) is 7.96. The van der Waals surface area contributed by atoms with Crippen molar-refractivity contribution in [2.75, 3.05) is 19.8 Å². The molecule has 1 aromatic heterocycles. The number of nitrogens with one attached hydrogen (secondary N) is 1. The summed E-state index contributed by atoms with van der Waals surface area (Å²) in [4.78, 5) is 28.5. The summed E-state index contributed by atoms with van der Waals surface area (Å²) in [7, 11) is 2.05. The zero-order chi connectivity index (χ0) is 24.2. The smallest absolute Gasteiger partial charge is 0.255 e. The van der Waals surface area contributed by atoms with Crippen molar-refractivity contribution in [1.29, 1.82) is 0 Å². The SMILES string of the molecule is CCCCOCCCNC(=O)C(C)N1C(=O)c2ccccc2C1c1c(C)n(C)c2ccccc12. The molecule has 0 aliphatic carbocycles. The van der Waals surface area contributed by atoms with Gasteiger partial charge in [-0.05, 0) is 44.4 Å². The van der Waals surface area contributed by atoms with Crippen molar-refractivity contribution in [2.24, 2.45) is 7.05 Å². The van der Waals surface area contributed by atoms with E-state index in [0.29, 0.717) is 18.7 Å². The first-order valence-corrected chi connectivity index (χ1v) is 12.3. The second-order valence-electron chi connectivity index (χ2n) is 9.06. The minimum Gasteiger partial charge on any atom is -0.381 e. The van der Waals surface area contributed by atoms with Crippen LogP contribution in [0.4, 0.5) is 0 Å². The predicted octanol–water partition coefficient (Wildman–Crippen LogP) is 4.74. The number of carbonyl (C=O) groups is 2. The quantitative estimate of drug-likeness (QED) is 0.444. The highest BCUT2D eigenvalue weighted by Crippen LogP contribution is 2.44. The molecule has 0 radical (unpaired) electrons. The van der Waals surface area contributed by atoms with E-state index in [0.717, 1.165) is 53.6 Å². The average Bonchev–Trinajstić information content (AvgIpc) is 3.28. The Morgan fingerprint density at radius 3 is 2.59 bits per heavy atom. The first kappa shape index (κ1) is 24.0. The number of hydrogen-bond acceptors (Lipinski definition) is 3. The van der Waals surface area contributed by atoms with Gasteiger partial charge in [0.15, 0.2) is 0 Å². The Hall–Kier alpha value is -3.12. The first-order chi connectivity index (χ1) is 16.5. The molecular weight excluding hydrogens is 426 g/mol. The van der Waals surface area contributed by atoms with Gasteiger partial charge in [0.1, 0.15) is 6.04 Å². The van der Waals surface area contributed by atoms with Crippen LogP contribution in [0.2, 0.25) is 0 Å². The predicted molar refractivity (Wildman–Crippen MR) is 135 cm³/mol. The van der Waals surface area contributed by atoms with E-state index >= 15 is 0 Å². The molecule has 3 aromatic rings. The fraction of sp³-hybridized carbons (Fsp3) is 0.429. The number of amides is 2. The van der Waals surface area contributed by atoms with Gasteiger partial charge < -0.3 is 19.5 Å². The molecule has 2 amide bonds. The van der Waals surface area contributed by atoms with Crippen LogP contribution in [-0.2, 0) is 16.6 Å². The summed E-state index contributed by atoms with van der Waals surface area (Å²) in [5.41, 5.74) is 4.92. The van der Waals surface area contributed by atoms with E-state index in [9.17, 15) is 9.59 Å². The second-order valence-corrected chi connectivity index (χ2v) is 9.06. The molecule has 1 aliphatic rings. The summed E-state index contributed by atoms with van der Waals surface area (Å²) in [6.07, 6.45) is 2.91. The molecule has 0 fully saturated rings. The number of benzene rings is 2. The third-order valence-electron chi connectivity index (χ3n) is 6.92. The summed E-state index contributed by atoms with van der Waals surface area (Å²) in [5.74, 6) is -0.240. The second kappa shape index (κ2) is 10.4. The van der Waals surface area contributed by atoms with Crippen LogP contribution in [0.3, 0.4) is 0 Å². The first-order valence-electron chi connectivity index (χ1n) is 12.3. The Morgan fingerprint density at radius 1 is 1.09 bits per heavy atom. The van der Waals surface area contributed by atoms with Gasteiger partial charge in [-0.1, -0.05) is 49.7 Å². The maximum Gasteiger partial charge on any atom is 0.255 e. The highest BCUT2D eigenvalue weighted by Gasteiger charge is 2.43. The van der Waals surface area contributed by atoms with E-state index in [1.807, 2.05) is 50.4 Å². The summed E-state index contributed by atoms with van der Waals surface area (Å²) < 4.78 is 7.75. The van der Waals surface area contributed by atoms with Crippen LogP contribution in [0.25, 0.3) is 10.9 Å². The standard InChI is InChI=1S/C28H35N3O3/c1-5-6-17-34-18-11-16-29-27(32)20(3)31-26(21-12-7-8-13-22(21)28(31)33)25-19(2)30(4)24-15-10-9-14-23(24)25/h7-10,12-15,20,26H,5-6,11,16-18H2,1-4H3,(H,29,32). The Kier molecular flexibility index (Phi) is 7.37. The summed E-state index contributed by atoms with van der Waals surface area (Å²) in [5, 5.41) is 4.12. The molecule has 2 atom stereocenters. The lowest BCUT2D eigenvalue weighted by molar-refractivity contribution is -0.125. The third-order valence-corrected chi connectivity index (χ3v) is 6.92. The lowest BCUT2D eigenvalue weighted by Gasteiger charge is -2.31. The Morgan fingerprint density at radius 2 is 1.79 bits per heavy atom. The topological polar surface area (TPSA) is 63.6 Å². The summed E-state index contributed by atoms with van der Waals surface area (Å²) in [6, 6.07) is 15.1. The fourth-order valence-electron chi connectivity index (χ4n) is 4.93. The van der Waals surface area contributed by atoms with Crippen molar-refractivity contribution in [3.63, 3.8) is 0 Å². The molecule has 4 rings (SSSR count). The molecule has 180 valence electrons. The minimum atomic E-state index is -0.607. The molecule has 0 saturated carbocycles. The van der Waals surface area contributed by atoms with Gasteiger partial charge in [-0.2, -0.15) is 0 Å². The van der Waals surface area contributed by atoms with Crippen LogP contribution in [0, 0.1) is 6.92 Å². The molecule has 1 aliphatic heterocycles. The normalized spacial score (nSPS) is 16.2. The largest absolute Gasteiger partial charge is 0.381 e. The van der Waals surface area contributed by atoms with E-state index in [1.165, 1.54) is 0 Å². The number of nitrogens with zero attached hydrogens (tertiary/aromatic N) is 2. The lowest BCUT2D eigenvalue weighted by Crippen LogP contribution is -2.47. The number of carbonyl (C=O) groups excluding carboxylic acids is 2.